The lowest BCUT2D eigenvalue weighted by molar-refractivity contribution is 0.350. The molecule has 6 heteroatoms. The quantitative estimate of drug-likeness (QED) is 0.790. The van der Waals surface area contributed by atoms with Crippen LogP contribution in [0, 0.1) is 0 Å². The molecule has 0 aliphatic rings. The van der Waals surface area contributed by atoms with Gasteiger partial charge in [-0.05, 0) is 49.6 Å². The van der Waals surface area contributed by atoms with Crippen molar-refractivity contribution >= 4 is 37.3 Å². The third-order valence-corrected chi connectivity index (χ3v) is 6.31. The highest BCUT2D eigenvalue weighted by molar-refractivity contribution is 9.10. The molecule has 1 aromatic carbocycles. The maximum Gasteiger partial charge on any atom is 0.243 e. The number of hydrogen-bond acceptors (Lipinski definition) is 3. The molecule has 0 N–H and O–H groups in total. The number of hydrogen-bond donors (Lipinski definition) is 0. The lowest BCUT2D eigenvalue weighted by Gasteiger charge is -2.25. The topological polar surface area (TPSA) is 37.4 Å². The molecule has 0 aliphatic heterocycles. The van der Waals surface area contributed by atoms with Gasteiger partial charge in [0.25, 0.3) is 0 Å². The summed E-state index contributed by atoms with van der Waals surface area (Å²) in [6, 6.07) is 10.5. The molecule has 0 fully saturated rings. The zero-order valence-corrected chi connectivity index (χ0v) is 14.5. The Kier molecular flexibility index (Phi) is 5.01. The molecule has 0 aliphatic carbocycles. The molecule has 0 saturated carbocycles. The fourth-order valence-electron chi connectivity index (χ4n) is 1.84. The summed E-state index contributed by atoms with van der Waals surface area (Å²) in [5.74, 6) is 0. The first-order valence-corrected chi connectivity index (χ1v) is 9.32. The fraction of sp³-hybridized carbons (Fsp3) is 0.286. The predicted molar refractivity (Wildman–Crippen MR) is 86.3 cm³/mol. The summed E-state index contributed by atoms with van der Waals surface area (Å²) in [6.07, 6.45) is 0. The van der Waals surface area contributed by atoms with Gasteiger partial charge in [-0.2, -0.15) is 4.31 Å². The smallest absolute Gasteiger partial charge is 0.207 e. The van der Waals surface area contributed by atoms with E-state index in [1.165, 1.54) is 4.31 Å². The van der Waals surface area contributed by atoms with E-state index in [0.29, 0.717) is 11.4 Å². The van der Waals surface area contributed by atoms with Gasteiger partial charge in [0.1, 0.15) is 0 Å². The Hall–Kier alpha value is -0.690. The molecular formula is C14H16BrNO2S2. The third-order valence-electron chi connectivity index (χ3n) is 2.89. The molecule has 1 heterocycles. The van der Waals surface area contributed by atoms with E-state index in [1.54, 1.807) is 35.6 Å². The van der Waals surface area contributed by atoms with Crippen LogP contribution in [-0.4, -0.2) is 18.8 Å². The molecule has 2 aromatic rings. The van der Waals surface area contributed by atoms with Crippen molar-refractivity contribution in [3.05, 3.63) is 51.1 Å². The molecule has 0 spiro atoms. The van der Waals surface area contributed by atoms with Gasteiger partial charge in [0.2, 0.25) is 10.0 Å². The maximum absolute atomic E-state index is 12.7. The summed E-state index contributed by atoms with van der Waals surface area (Å²) < 4.78 is 27.8. The van der Waals surface area contributed by atoms with E-state index in [0.717, 1.165) is 9.35 Å². The van der Waals surface area contributed by atoms with Crippen LogP contribution in [-0.2, 0) is 16.6 Å². The summed E-state index contributed by atoms with van der Waals surface area (Å²) >= 11 is 4.89. The number of sulfonamides is 1. The number of benzene rings is 1. The second-order valence-corrected chi connectivity index (χ2v) is 8.52. The predicted octanol–water partition coefficient (Wildman–Crippen LogP) is 4.11. The van der Waals surface area contributed by atoms with E-state index in [4.69, 9.17) is 0 Å². The highest BCUT2D eigenvalue weighted by Crippen LogP contribution is 2.24. The molecule has 2 rings (SSSR count). The van der Waals surface area contributed by atoms with Gasteiger partial charge in [0.15, 0.2) is 0 Å². The minimum Gasteiger partial charge on any atom is -0.207 e. The first kappa shape index (κ1) is 15.7. The van der Waals surface area contributed by atoms with Crippen LogP contribution in [0.25, 0.3) is 0 Å². The van der Waals surface area contributed by atoms with Gasteiger partial charge in [0, 0.05) is 21.9 Å². The van der Waals surface area contributed by atoms with Crippen molar-refractivity contribution in [2.45, 2.75) is 31.3 Å². The average Bonchev–Trinajstić information content (AvgIpc) is 2.89. The zero-order valence-electron chi connectivity index (χ0n) is 11.3. The molecule has 0 unspecified atom stereocenters. The molecule has 0 amide bonds. The first-order chi connectivity index (χ1) is 9.41. The van der Waals surface area contributed by atoms with Crippen molar-refractivity contribution in [2.24, 2.45) is 0 Å². The molecule has 1 aromatic heterocycles. The number of halogens is 1. The van der Waals surface area contributed by atoms with Crippen LogP contribution in [0.5, 0.6) is 0 Å². The van der Waals surface area contributed by atoms with Gasteiger partial charge in [-0.3, -0.25) is 0 Å². The third kappa shape index (κ3) is 3.49. The summed E-state index contributed by atoms with van der Waals surface area (Å²) in [6.45, 7) is 4.20. The van der Waals surface area contributed by atoms with Gasteiger partial charge in [-0.15, -0.1) is 11.3 Å². The van der Waals surface area contributed by atoms with Crippen molar-refractivity contribution in [1.82, 2.24) is 4.31 Å². The highest BCUT2D eigenvalue weighted by atomic mass is 79.9. The van der Waals surface area contributed by atoms with Crippen molar-refractivity contribution in [1.29, 1.82) is 0 Å². The molecule has 108 valence electrons. The molecule has 0 bridgehead atoms. The van der Waals surface area contributed by atoms with Crippen molar-refractivity contribution < 1.29 is 8.42 Å². The lowest BCUT2D eigenvalue weighted by atomic mass is 10.4. The van der Waals surface area contributed by atoms with E-state index in [2.05, 4.69) is 15.9 Å². The maximum atomic E-state index is 12.7. The van der Waals surface area contributed by atoms with Gasteiger partial charge in [-0.1, -0.05) is 22.0 Å². The Bertz CT molecular complexity index is 649. The largest absolute Gasteiger partial charge is 0.243 e. The Morgan fingerprint density at radius 3 is 2.35 bits per heavy atom. The van der Waals surface area contributed by atoms with E-state index >= 15 is 0 Å². The van der Waals surface area contributed by atoms with Crippen molar-refractivity contribution in [3.63, 3.8) is 0 Å². The second-order valence-electron chi connectivity index (χ2n) is 4.68. The molecule has 0 saturated heterocycles. The van der Waals surface area contributed by atoms with Crippen molar-refractivity contribution in [2.75, 3.05) is 0 Å². The van der Waals surface area contributed by atoms with E-state index in [9.17, 15) is 8.42 Å². The minimum absolute atomic E-state index is 0.0919. The van der Waals surface area contributed by atoms with Gasteiger partial charge >= 0.3 is 0 Å². The first-order valence-electron chi connectivity index (χ1n) is 6.21. The molecule has 3 nitrogen and oxygen atoms in total. The van der Waals surface area contributed by atoms with Gasteiger partial charge in [0.05, 0.1) is 4.90 Å². The second kappa shape index (κ2) is 6.39. The lowest BCUT2D eigenvalue weighted by Crippen LogP contribution is -2.36. The SMILES string of the molecule is CC(C)N(Cc1cccs1)S(=O)(=O)c1ccc(Br)cc1. The van der Waals surface area contributed by atoms with Crippen LogP contribution >= 0.6 is 27.3 Å². The molecule has 0 atom stereocenters. The Labute approximate surface area is 132 Å². The van der Waals surface area contributed by atoms with E-state index < -0.39 is 10.0 Å². The zero-order chi connectivity index (χ0) is 14.8. The summed E-state index contributed by atoms with van der Waals surface area (Å²) in [5, 5.41) is 1.96. The highest BCUT2D eigenvalue weighted by Gasteiger charge is 2.27. The average molecular weight is 374 g/mol. The number of thiophene rings is 1. The van der Waals surface area contributed by atoms with E-state index in [1.807, 2.05) is 31.4 Å². The number of rotatable bonds is 5. The fourth-order valence-corrected chi connectivity index (χ4v) is 4.51. The summed E-state index contributed by atoms with van der Waals surface area (Å²) in [7, 11) is -3.47. The van der Waals surface area contributed by atoms with Crippen LogP contribution in [0.1, 0.15) is 18.7 Å². The standard InChI is InChI=1S/C14H16BrNO2S2/c1-11(2)16(10-13-4-3-9-19-13)20(17,18)14-7-5-12(15)6-8-14/h3-9,11H,10H2,1-2H3. The molecule has 20 heavy (non-hydrogen) atoms. The van der Waals surface area contributed by atoms with E-state index in [-0.39, 0.29) is 6.04 Å². The summed E-state index contributed by atoms with van der Waals surface area (Å²) in [5.41, 5.74) is 0. The van der Waals surface area contributed by atoms with Crippen LogP contribution in [0.15, 0.2) is 51.1 Å². The summed E-state index contributed by atoms with van der Waals surface area (Å²) in [4.78, 5) is 1.37. The van der Waals surface area contributed by atoms with Crippen LogP contribution in [0.4, 0.5) is 0 Å². The van der Waals surface area contributed by atoms with Crippen molar-refractivity contribution in [3.8, 4) is 0 Å². The Balaban J connectivity index is 2.34. The van der Waals surface area contributed by atoms with Crippen LogP contribution in [0.3, 0.4) is 0 Å². The van der Waals surface area contributed by atoms with Gasteiger partial charge in [-0.25, -0.2) is 8.42 Å². The normalized spacial score (nSPS) is 12.2. The van der Waals surface area contributed by atoms with Crippen LogP contribution in [0.2, 0.25) is 0 Å². The number of nitrogens with zero attached hydrogens (tertiary/aromatic N) is 1. The minimum atomic E-state index is -3.47. The molecule has 0 radical (unpaired) electrons. The Morgan fingerprint density at radius 2 is 1.85 bits per heavy atom. The Morgan fingerprint density at radius 1 is 1.20 bits per heavy atom. The van der Waals surface area contributed by atoms with Gasteiger partial charge < -0.3 is 0 Å². The molecular weight excluding hydrogens is 358 g/mol. The van der Waals surface area contributed by atoms with Crippen LogP contribution < -0.4 is 0 Å². The monoisotopic (exact) mass is 373 g/mol.